The Morgan fingerprint density at radius 3 is 2.63 bits per heavy atom. The molecule has 0 saturated heterocycles. The van der Waals surface area contributed by atoms with E-state index in [0.717, 1.165) is 11.0 Å². The number of hydrogen-bond acceptors (Lipinski definition) is 3. The first kappa shape index (κ1) is 13.4. The van der Waals surface area contributed by atoms with Gasteiger partial charge in [0.1, 0.15) is 6.04 Å². The Balaban J connectivity index is 2.61. The molecule has 19 heavy (non-hydrogen) atoms. The summed E-state index contributed by atoms with van der Waals surface area (Å²) in [6, 6.07) is 4.01. The highest BCUT2D eigenvalue weighted by Crippen LogP contribution is 2.40. The van der Waals surface area contributed by atoms with Gasteiger partial charge in [-0.1, -0.05) is 12.1 Å². The molecule has 7 heteroatoms. The molecule has 1 heterocycles. The van der Waals surface area contributed by atoms with Crippen molar-refractivity contribution in [3.05, 3.63) is 34.9 Å². The topological polar surface area (TPSA) is 64.3 Å². The summed E-state index contributed by atoms with van der Waals surface area (Å²) in [6.07, 6.45) is -4.66. The van der Waals surface area contributed by atoms with Gasteiger partial charge in [-0.3, -0.25) is 4.79 Å². The zero-order valence-corrected chi connectivity index (χ0v) is 9.61. The van der Waals surface area contributed by atoms with Crippen LogP contribution in [0.5, 0.6) is 0 Å². The van der Waals surface area contributed by atoms with Crippen molar-refractivity contribution in [2.24, 2.45) is 0 Å². The van der Waals surface area contributed by atoms with Crippen LogP contribution < -0.4 is 0 Å². The molecule has 1 aliphatic rings. The summed E-state index contributed by atoms with van der Waals surface area (Å²) in [6.45, 7) is -0.595. The Bertz CT molecular complexity index is 563. The summed E-state index contributed by atoms with van der Waals surface area (Å²) in [5.74, 6) is -0.872. The molecule has 1 atom stereocenters. The number of β-amino-alcohol motifs (C(OH)–C–C–N with tert-alkyl or cyclic N) is 1. The van der Waals surface area contributed by atoms with Crippen LogP contribution in [0.3, 0.4) is 0 Å². The first-order valence-corrected chi connectivity index (χ1v) is 5.43. The highest BCUT2D eigenvalue weighted by molar-refractivity contribution is 6.01. The largest absolute Gasteiger partial charge is 0.417 e. The standard InChI is InChI=1S/C12H9F3N2O2/c13-12(14,15)8-3-1-2-7-9(6-16)17(4-5-18)11(19)10(7)8/h1-3,9,18H,4-5H2. The summed E-state index contributed by atoms with van der Waals surface area (Å²) in [7, 11) is 0. The predicted octanol–water partition coefficient (Wildman–Crippen LogP) is 1.72. The molecule has 4 nitrogen and oxygen atoms in total. The Morgan fingerprint density at radius 1 is 1.42 bits per heavy atom. The zero-order chi connectivity index (χ0) is 14.2. The van der Waals surface area contributed by atoms with Crippen molar-refractivity contribution in [1.82, 2.24) is 4.90 Å². The van der Waals surface area contributed by atoms with E-state index in [-0.39, 0.29) is 12.1 Å². The van der Waals surface area contributed by atoms with E-state index < -0.39 is 35.9 Å². The van der Waals surface area contributed by atoms with Gasteiger partial charge in [-0.2, -0.15) is 18.4 Å². The summed E-state index contributed by atoms with van der Waals surface area (Å²) >= 11 is 0. The van der Waals surface area contributed by atoms with Gasteiger partial charge < -0.3 is 10.0 Å². The highest BCUT2D eigenvalue weighted by atomic mass is 19.4. The van der Waals surface area contributed by atoms with Gasteiger partial charge in [-0.05, 0) is 6.07 Å². The lowest BCUT2D eigenvalue weighted by Crippen LogP contribution is -2.30. The maximum atomic E-state index is 12.9. The fraction of sp³-hybridized carbons (Fsp3) is 0.333. The first-order chi connectivity index (χ1) is 8.91. The van der Waals surface area contributed by atoms with Crippen molar-refractivity contribution in [1.29, 1.82) is 5.26 Å². The lowest BCUT2D eigenvalue weighted by atomic mass is 10.00. The third-order valence-electron chi connectivity index (χ3n) is 2.95. The Morgan fingerprint density at radius 2 is 2.11 bits per heavy atom. The molecule has 0 radical (unpaired) electrons. The van der Waals surface area contributed by atoms with E-state index in [1.807, 2.05) is 0 Å². The predicted molar refractivity (Wildman–Crippen MR) is 57.9 cm³/mol. The maximum absolute atomic E-state index is 12.9. The van der Waals surface area contributed by atoms with E-state index in [1.165, 1.54) is 12.1 Å². The summed E-state index contributed by atoms with van der Waals surface area (Å²) in [4.78, 5) is 12.9. The molecule has 1 aromatic rings. The van der Waals surface area contributed by atoms with Crippen molar-refractivity contribution < 1.29 is 23.1 Å². The van der Waals surface area contributed by atoms with Crippen molar-refractivity contribution >= 4 is 5.91 Å². The number of amides is 1. The molecule has 0 bridgehead atoms. The monoisotopic (exact) mass is 270 g/mol. The number of fused-ring (bicyclic) bond motifs is 1. The number of nitrogens with zero attached hydrogens (tertiary/aromatic N) is 2. The van der Waals surface area contributed by atoms with E-state index in [0.29, 0.717) is 0 Å². The van der Waals surface area contributed by atoms with E-state index in [1.54, 1.807) is 6.07 Å². The molecule has 1 aliphatic heterocycles. The fourth-order valence-electron chi connectivity index (χ4n) is 2.18. The molecule has 2 rings (SSSR count). The van der Waals surface area contributed by atoms with Crippen LogP contribution in [-0.4, -0.2) is 29.1 Å². The molecule has 1 amide bonds. The average Bonchev–Trinajstić information content (AvgIpc) is 2.62. The minimum Gasteiger partial charge on any atom is -0.395 e. The fourth-order valence-corrected chi connectivity index (χ4v) is 2.18. The van der Waals surface area contributed by atoms with Crippen LogP contribution in [0.1, 0.15) is 27.5 Å². The lowest BCUT2D eigenvalue weighted by Gasteiger charge is -2.18. The van der Waals surface area contributed by atoms with Gasteiger partial charge in [0.2, 0.25) is 0 Å². The SMILES string of the molecule is N#CC1c2cccc(C(F)(F)F)c2C(=O)N1CCO. The van der Waals surface area contributed by atoms with Crippen LogP contribution in [-0.2, 0) is 6.18 Å². The molecule has 100 valence electrons. The second-order valence-electron chi connectivity index (χ2n) is 4.02. The Kier molecular flexibility index (Phi) is 3.20. The number of halogens is 3. The number of aliphatic hydroxyl groups excluding tert-OH is 1. The smallest absolute Gasteiger partial charge is 0.395 e. The number of benzene rings is 1. The minimum atomic E-state index is -4.66. The van der Waals surface area contributed by atoms with E-state index in [4.69, 9.17) is 10.4 Å². The van der Waals surface area contributed by atoms with Crippen LogP contribution in [0.4, 0.5) is 13.2 Å². The highest BCUT2D eigenvalue weighted by Gasteiger charge is 2.44. The number of rotatable bonds is 2. The molecule has 0 aromatic heterocycles. The number of aliphatic hydroxyl groups is 1. The number of nitriles is 1. The summed E-state index contributed by atoms with van der Waals surface area (Å²) in [5, 5.41) is 17.9. The van der Waals surface area contributed by atoms with Gasteiger partial charge in [-0.25, -0.2) is 0 Å². The quantitative estimate of drug-likeness (QED) is 0.889. The Hall–Kier alpha value is -2.07. The molecular formula is C12H9F3N2O2. The van der Waals surface area contributed by atoms with Gasteiger partial charge in [0.05, 0.1) is 23.8 Å². The molecule has 0 aliphatic carbocycles. The second-order valence-corrected chi connectivity index (χ2v) is 4.02. The summed E-state index contributed by atoms with van der Waals surface area (Å²) < 4.78 is 38.6. The molecular weight excluding hydrogens is 261 g/mol. The van der Waals surface area contributed by atoms with Crippen LogP contribution >= 0.6 is 0 Å². The molecule has 1 aromatic carbocycles. The van der Waals surface area contributed by atoms with Crippen LogP contribution in [0.2, 0.25) is 0 Å². The molecule has 0 spiro atoms. The minimum absolute atomic E-state index is 0.0378. The normalized spacial score (nSPS) is 18.4. The van der Waals surface area contributed by atoms with Crippen molar-refractivity contribution in [3.63, 3.8) is 0 Å². The molecule has 0 fully saturated rings. The van der Waals surface area contributed by atoms with Gasteiger partial charge in [-0.15, -0.1) is 0 Å². The zero-order valence-electron chi connectivity index (χ0n) is 9.61. The molecule has 1 N–H and O–H groups in total. The summed E-state index contributed by atoms with van der Waals surface area (Å²) in [5.41, 5.74) is -1.50. The number of alkyl halides is 3. The first-order valence-electron chi connectivity index (χ1n) is 5.43. The average molecular weight is 270 g/mol. The lowest BCUT2D eigenvalue weighted by molar-refractivity contribution is -0.137. The van der Waals surface area contributed by atoms with Crippen LogP contribution in [0.15, 0.2) is 18.2 Å². The third kappa shape index (κ3) is 2.04. The van der Waals surface area contributed by atoms with E-state index >= 15 is 0 Å². The van der Waals surface area contributed by atoms with Crippen molar-refractivity contribution in [2.75, 3.05) is 13.2 Å². The Labute approximate surface area is 106 Å². The van der Waals surface area contributed by atoms with Gasteiger partial charge >= 0.3 is 6.18 Å². The number of carbonyl (C=O) groups is 1. The van der Waals surface area contributed by atoms with Crippen LogP contribution in [0.25, 0.3) is 0 Å². The number of carbonyl (C=O) groups excluding carboxylic acids is 1. The third-order valence-corrected chi connectivity index (χ3v) is 2.95. The van der Waals surface area contributed by atoms with Gasteiger partial charge in [0.25, 0.3) is 5.91 Å². The maximum Gasteiger partial charge on any atom is 0.417 e. The second kappa shape index (κ2) is 4.55. The van der Waals surface area contributed by atoms with Crippen LogP contribution in [0, 0.1) is 11.3 Å². The molecule has 0 saturated carbocycles. The van der Waals surface area contributed by atoms with Crippen molar-refractivity contribution in [3.8, 4) is 6.07 Å². The number of hydrogen-bond donors (Lipinski definition) is 1. The van der Waals surface area contributed by atoms with Gasteiger partial charge in [0.15, 0.2) is 0 Å². The van der Waals surface area contributed by atoms with E-state index in [9.17, 15) is 18.0 Å². The molecule has 1 unspecified atom stereocenters. The van der Waals surface area contributed by atoms with E-state index in [2.05, 4.69) is 0 Å². The van der Waals surface area contributed by atoms with Gasteiger partial charge in [0, 0.05) is 12.1 Å². The van der Waals surface area contributed by atoms with Crippen molar-refractivity contribution in [2.45, 2.75) is 12.2 Å².